The van der Waals surface area contributed by atoms with E-state index in [1.165, 1.54) is 23.8 Å². The van der Waals surface area contributed by atoms with Gasteiger partial charge in [-0.3, -0.25) is 9.88 Å². The summed E-state index contributed by atoms with van der Waals surface area (Å²) in [6.45, 7) is 1.68. The SMILES string of the molecule is Oc1ccc2ccccc2c1CN(Cc1ccncc1)C1CC1. The number of aromatic hydroxyl groups is 1. The van der Waals surface area contributed by atoms with E-state index >= 15 is 0 Å². The summed E-state index contributed by atoms with van der Waals surface area (Å²) in [6, 6.07) is 16.8. The van der Waals surface area contributed by atoms with E-state index in [0.717, 1.165) is 24.0 Å². The maximum atomic E-state index is 10.4. The zero-order chi connectivity index (χ0) is 15.6. The summed E-state index contributed by atoms with van der Waals surface area (Å²) in [7, 11) is 0. The lowest BCUT2D eigenvalue weighted by atomic mass is 10.0. The molecule has 0 saturated heterocycles. The molecule has 1 aliphatic carbocycles. The molecule has 0 aliphatic heterocycles. The molecule has 116 valence electrons. The standard InChI is InChI=1S/C20H20N2O/c23-20-8-5-16-3-1-2-4-18(16)19(20)14-22(17-6-7-17)13-15-9-11-21-12-10-15/h1-5,8-12,17,23H,6-7,13-14H2. The Hall–Kier alpha value is -2.39. The van der Waals surface area contributed by atoms with Crippen LogP contribution in [0.4, 0.5) is 0 Å². The van der Waals surface area contributed by atoms with Crippen molar-refractivity contribution in [2.75, 3.05) is 0 Å². The summed E-state index contributed by atoms with van der Waals surface area (Å²) in [6.07, 6.45) is 6.18. The summed E-state index contributed by atoms with van der Waals surface area (Å²) in [5, 5.41) is 12.7. The Labute approximate surface area is 136 Å². The van der Waals surface area contributed by atoms with Crippen LogP contribution in [-0.2, 0) is 13.1 Å². The second-order valence-corrected chi connectivity index (χ2v) is 6.28. The molecule has 4 rings (SSSR count). The number of rotatable bonds is 5. The van der Waals surface area contributed by atoms with E-state index in [-0.39, 0.29) is 0 Å². The molecule has 0 atom stereocenters. The van der Waals surface area contributed by atoms with Crippen molar-refractivity contribution < 1.29 is 5.11 Å². The summed E-state index contributed by atoms with van der Waals surface area (Å²) in [4.78, 5) is 6.56. The molecule has 1 N–H and O–H groups in total. The fraction of sp³-hybridized carbons (Fsp3) is 0.250. The van der Waals surface area contributed by atoms with Crippen LogP contribution in [0.25, 0.3) is 10.8 Å². The van der Waals surface area contributed by atoms with Crippen molar-refractivity contribution in [1.29, 1.82) is 0 Å². The number of phenolic OH excluding ortho intramolecular Hbond substituents is 1. The molecule has 1 heterocycles. The van der Waals surface area contributed by atoms with Crippen LogP contribution < -0.4 is 0 Å². The number of fused-ring (bicyclic) bond motifs is 1. The minimum absolute atomic E-state index is 0.393. The number of pyridine rings is 1. The zero-order valence-corrected chi connectivity index (χ0v) is 13.0. The molecule has 1 aromatic heterocycles. The predicted octanol–water partition coefficient (Wildman–Crippen LogP) is 4.11. The topological polar surface area (TPSA) is 36.4 Å². The smallest absolute Gasteiger partial charge is 0.120 e. The Balaban J connectivity index is 1.66. The van der Waals surface area contributed by atoms with Gasteiger partial charge in [0, 0.05) is 37.1 Å². The summed E-state index contributed by atoms with van der Waals surface area (Å²) in [5.41, 5.74) is 2.30. The van der Waals surface area contributed by atoms with Gasteiger partial charge in [0.05, 0.1) is 0 Å². The van der Waals surface area contributed by atoms with E-state index in [4.69, 9.17) is 0 Å². The first-order chi connectivity index (χ1) is 11.3. The lowest BCUT2D eigenvalue weighted by Crippen LogP contribution is -2.25. The quantitative estimate of drug-likeness (QED) is 0.771. The molecule has 23 heavy (non-hydrogen) atoms. The monoisotopic (exact) mass is 304 g/mol. The van der Waals surface area contributed by atoms with Crippen molar-refractivity contribution in [3.05, 3.63) is 72.1 Å². The third-order valence-corrected chi connectivity index (χ3v) is 4.58. The second-order valence-electron chi connectivity index (χ2n) is 6.28. The van der Waals surface area contributed by atoms with Crippen LogP contribution in [0.5, 0.6) is 5.75 Å². The Morgan fingerprint density at radius 3 is 2.52 bits per heavy atom. The minimum Gasteiger partial charge on any atom is -0.508 e. The molecule has 3 aromatic rings. The highest BCUT2D eigenvalue weighted by Gasteiger charge is 2.29. The molecule has 0 radical (unpaired) electrons. The van der Waals surface area contributed by atoms with Crippen LogP contribution in [-0.4, -0.2) is 21.0 Å². The van der Waals surface area contributed by atoms with Gasteiger partial charge in [0.1, 0.15) is 5.75 Å². The lowest BCUT2D eigenvalue weighted by Gasteiger charge is -2.23. The van der Waals surface area contributed by atoms with Crippen molar-refractivity contribution in [3.63, 3.8) is 0 Å². The van der Waals surface area contributed by atoms with Gasteiger partial charge in [-0.25, -0.2) is 0 Å². The fourth-order valence-electron chi connectivity index (χ4n) is 3.17. The Morgan fingerprint density at radius 1 is 0.957 bits per heavy atom. The first-order valence-corrected chi connectivity index (χ1v) is 8.14. The fourth-order valence-corrected chi connectivity index (χ4v) is 3.17. The van der Waals surface area contributed by atoms with Crippen molar-refractivity contribution in [2.24, 2.45) is 0 Å². The van der Waals surface area contributed by atoms with Crippen molar-refractivity contribution >= 4 is 10.8 Å². The van der Waals surface area contributed by atoms with Crippen LogP contribution >= 0.6 is 0 Å². The number of hydrogen-bond donors (Lipinski definition) is 1. The van der Waals surface area contributed by atoms with Crippen molar-refractivity contribution in [2.45, 2.75) is 32.0 Å². The maximum Gasteiger partial charge on any atom is 0.120 e. The normalized spacial score (nSPS) is 14.5. The molecule has 1 saturated carbocycles. The molecule has 0 unspecified atom stereocenters. The van der Waals surface area contributed by atoms with Crippen LogP contribution in [0.3, 0.4) is 0 Å². The highest BCUT2D eigenvalue weighted by atomic mass is 16.3. The molecular weight excluding hydrogens is 284 g/mol. The molecule has 2 aromatic carbocycles. The van der Waals surface area contributed by atoms with Gasteiger partial charge < -0.3 is 5.11 Å². The van der Waals surface area contributed by atoms with E-state index in [2.05, 4.69) is 34.1 Å². The first kappa shape index (κ1) is 14.2. The third-order valence-electron chi connectivity index (χ3n) is 4.58. The van der Waals surface area contributed by atoms with E-state index in [9.17, 15) is 5.11 Å². The average Bonchev–Trinajstić information content (AvgIpc) is 3.42. The maximum absolute atomic E-state index is 10.4. The van der Waals surface area contributed by atoms with Crippen molar-refractivity contribution in [1.82, 2.24) is 9.88 Å². The van der Waals surface area contributed by atoms with Gasteiger partial charge >= 0.3 is 0 Å². The van der Waals surface area contributed by atoms with Crippen molar-refractivity contribution in [3.8, 4) is 5.75 Å². The molecule has 3 heteroatoms. The molecule has 0 bridgehead atoms. The van der Waals surface area contributed by atoms with Gasteiger partial charge in [-0.1, -0.05) is 30.3 Å². The zero-order valence-electron chi connectivity index (χ0n) is 13.0. The average molecular weight is 304 g/mol. The summed E-state index contributed by atoms with van der Waals surface area (Å²) in [5.74, 6) is 0.393. The molecular formula is C20H20N2O. The Bertz CT molecular complexity index is 812. The Morgan fingerprint density at radius 2 is 1.74 bits per heavy atom. The van der Waals surface area contributed by atoms with E-state index < -0.39 is 0 Å². The van der Waals surface area contributed by atoms with E-state index in [1.807, 2.05) is 36.7 Å². The largest absolute Gasteiger partial charge is 0.508 e. The molecule has 3 nitrogen and oxygen atoms in total. The molecule has 1 aliphatic rings. The number of benzene rings is 2. The molecule has 1 fully saturated rings. The second kappa shape index (κ2) is 6.01. The highest BCUT2D eigenvalue weighted by molar-refractivity contribution is 5.87. The van der Waals surface area contributed by atoms with Gasteiger partial charge in [-0.2, -0.15) is 0 Å². The Kier molecular flexibility index (Phi) is 3.72. The van der Waals surface area contributed by atoms with E-state index in [1.54, 1.807) is 0 Å². The third kappa shape index (κ3) is 3.06. The summed E-state index contributed by atoms with van der Waals surface area (Å²) < 4.78 is 0. The number of phenols is 1. The number of hydrogen-bond acceptors (Lipinski definition) is 3. The van der Waals surface area contributed by atoms with Gasteiger partial charge in [0.25, 0.3) is 0 Å². The molecule has 0 spiro atoms. The van der Waals surface area contributed by atoms with Crippen LogP contribution in [0.15, 0.2) is 60.9 Å². The van der Waals surface area contributed by atoms with Gasteiger partial charge in [-0.05, 0) is 47.4 Å². The van der Waals surface area contributed by atoms with Crippen LogP contribution in [0.1, 0.15) is 24.0 Å². The number of aromatic nitrogens is 1. The minimum atomic E-state index is 0.393. The van der Waals surface area contributed by atoms with Gasteiger partial charge in [0.2, 0.25) is 0 Å². The predicted molar refractivity (Wildman–Crippen MR) is 92.1 cm³/mol. The van der Waals surface area contributed by atoms with Gasteiger partial charge in [0.15, 0.2) is 0 Å². The molecule has 0 amide bonds. The summed E-state index contributed by atoms with van der Waals surface area (Å²) >= 11 is 0. The highest BCUT2D eigenvalue weighted by Crippen LogP contribution is 2.34. The first-order valence-electron chi connectivity index (χ1n) is 8.14. The van der Waals surface area contributed by atoms with Crippen LogP contribution in [0, 0.1) is 0 Å². The lowest BCUT2D eigenvalue weighted by molar-refractivity contribution is 0.243. The number of nitrogens with zero attached hydrogens (tertiary/aromatic N) is 2. The van der Waals surface area contributed by atoms with E-state index in [0.29, 0.717) is 11.8 Å². The van der Waals surface area contributed by atoms with Gasteiger partial charge in [-0.15, -0.1) is 0 Å². The van der Waals surface area contributed by atoms with Crippen LogP contribution in [0.2, 0.25) is 0 Å².